The van der Waals surface area contributed by atoms with E-state index in [1.807, 2.05) is 30.0 Å². The fraction of sp³-hybridized carbons (Fsp3) is 0.296. The number of carbonyl (C=O) groups is 1. The molecule has 0 spiro atoms. The predicted octanol–water partition coefficient (Wildman–Crippen LogP) is 3.84. The number of amides is 1. The average molecular weight is 441 g/mol. The lowest BCUT2D eigenvalue weighted by Crippen LogP contribution is -2.48. The van der Waals surface area contributed by atoms with Gasteiger partial charge in [0.15, 0.2) is 0 Å². The molecule has 0 unspecified atom stereocenters. The Bertz CT molecular complexity index is 1400. The fourth-order valence-corrected chi connectivity index (χ4v) is 4.78. The molecule has 3 aromatic carbocycles. The first kappa shape index (κ1) is 21.3. The van der Waals surface area contributed by atoms with Crippen LogP contribution in [-0.2, 0) is 13.1 Å². The van der Waals surface area contributed by atoms with Crippen LogP contribution in [0.2, 0.25) is 0 Å². The van der Waals surface area contributed by atoms with Gasteiger partial charge in [0.2, 0.25) is 0 Å². The maximum atomic E-state index is 13.2. The van der Waals surface area contributed by atoms with Gasteiger partial charge in [-0.1, -0.05) is 42.5 Å². The third-order valence-electron chi connectivity index (χ3n) is 6.61. The van der Waals surface area contributed by atoms with E-state index in [0.29, 0.717) is 36.4 Å². The lowest BCUT2D eigenvalue weighted by atomic mass is 10.0. The molecule has 33 heavy (non-hydrogen) atoms. The van der Waals surface area contributed by atoms with E-state index in [0.717, 1.165) is 25.2 Å². The van der Waals surface area contributed by atoms with Gasteiger partial charge in [-0.15, -0.1) is 0 Å². The Labute approximate surface area is 193 Å². The Kier molecular flexibility index (Phi) is 5.68. The second-order valence-electron chi connectivity index (χ2n) is 8.66. The van der Waals surface area contributed by atoms with Gasteiger partial charge in [0, 0.05) is 44.8 Å². The third kappa shape index (κ3) is 4.02. The summed E-state index contributed by atoms with van der Waals surface area (Å²) in [6.07, 6.45) is 0. The minimum atomic E-state index is -0.0774. The van der Waals surface area contributed by atoms with Gasteiger partial charge in [-0.3, -0.25) is 14.5 Å². The first-order valence-corrected chi connectivity index (χ1v) is 11.5. The number of hydrogen-bond acceptors (Lipinski definition) is 4. The van der Waals surface area contributed by atoms with Crippen LogP contribution >= 0.6 is 0 Å². The largest absolute Gasteiger partial charge is 0.336 e. The minimum absolute atomic E-state index is 0.0235. The van der Waals surface area contributed by atoms with Crippen molar-refractivity contribution in [3.05, 3.63) is 87.8 Å². The molecule has 0 bridgehead atoms. The van der Waals surface area contributed by atoms with E-state index in [4.69, 9.17) is 0 Å². The average Bonchev–Trinajstić information content (AvgIpc) is 2.85. The molecule has 0 atom stereocenters. The van der Waals surface area contributed by atoms with Crippen LogP contribution in [0, 0.1) is 6.92 Å². The summed E-state index contributed by atoms with van der Waals surface area (Å²) in [7, 11) is 0. The van der Waals surface area contributed by atoms with Gasteiger partial charge in [0.25, 0.3) is 11.5 Å². The molecule has 1 saturated heterocycles. The molecule has 6 heteroatoms. The highest BCUT2D eigenvalue weighted by molar-refractivity contribution is 5.97. The quantitative estimate of drug-likeness (QED) is 0.484. The van der Waals surface area contributed by atoms with Gasteiger partial charge in [-0.25, -0.2) is 4.98 Å². The van der Waals surface area contributed by atoms with Gasteiger partial charge in [0.1, 0.15) is 5.69 Å². The molecule has 1 fully saturated rings. The van der Waals surface area contributed by atoms with Gasteiger partial charge < -0.3 is 9.47 Å². The van der Waals surface area contributed by atoms with E-state index in [9.17, 15) is 9.59 Å². The van der Waals surface area contributed by atoms with E-state index >= 15 is 0 Å². The summed E-state index contributed by atoms with van der Waals surface area (Å²) in [5.41, 5.74) is 3.78. The molecule has 4 aromatic rings. The second kappa shape index (κ2) is 8.79. The Morgan fingerprint density at radius 1 is 0.970 bits per heavy atom. The summed E-state index contributed by atoms with van der Waals surface area (Å²) in [6, 6.07) is 20.4. The number of piperazine rings is 1. The van der Waals surface area contributed by atoms with Gasteiger partial charge in [-0.05, 0) is 48.4 Å². The smallest absolute Gasteiger partial charge is 0.272 e. The van der Waals surface area contributed by atoms with Crippen molar-refractivity contribution in [1.29, 1.82) is 0 Å². The Morgan fingerprint density at radius 2 is 1.73 bits per heavy atom. The molecular weight excluding hydrogens is 412 g/mol. The molecule has 0 aliphatic carbocycles. The summed E-state index contributed by atoms with van der Waals surface area (Å²) in [4.78, 5) is 34.3. The summed E-state index contributed by atoms with van der Waals surface area (Å²) in [6.45, 7) is 8.20. The molecule has 0 radical (unpaired) electrons. The van der Waals surface area contributed by atoms with Crippen molar-refractivity contribution in [3.63, 3.8) is 0 Å². The minimum Gasteiger partial charge on any atom is -0.336 e. The second-order valence-corrected chi connectivity index (χ2v) is 8.66. The van der Waals surface area contributed by atoms with Crippen molar-refractivity contribution in [2.75, 3.05) is 26.2 Å². The number of fused-ring (bicyclic) bond motifs is 2. The van der Waals surface area contributed by atoms with Crippen LogP contribution < -0.4 is 5.56 Å². The van der Waals surface area contributed by atoms with Crippen LogP contribution in [0.15, 0.2) is 65.5 Å². The highest BCUT2D eigenvalue weighted by Gasteiger charge is 2.23. The number of nitrogens with zero attached hydrogens (tertiary/aromatic N) is 4. The van der Waals surface area contributed by atoms with E-state index in [-0.39, 0.29) is 11.5 Å². The van der Waals surface area contributed by atoms with Crippen LogP contribution in [0.5, 0.6) is 0 Å². The SMILES string of the molecule is CCn1c(=O)c(C)nc2cc(C(=O)N3CCN(Cc4cccc5ccccc45)CC3)ccc21. The predicted molar refractivity (Wildman–Crippen MR) is 132 cm³/mol. The van der Waals surface area contributed by atoms with Crippen molar-refractivity contribution < 1.29 is 4.79 Å². The van der Waals surface area contributed by atoms with E-state index in [2.05, 4.69) is 52.3 Å². The fourth-order valence-electron chi connectivity index (χ4n) is 4.78. The Morgan fingerprint density at radius 3 is 2.52 bits per heavy atom. The Balaban J connectivity index is 1.30. The molecule has 0 N–H and O–H groups in total. The highest BCUT2D eigenvalue weighted by Crippen LogP contribution is 2.21. The van der Waals surface area contributed by atoms with Crippen LogP contribution in [0.25, 0.3) is 21.8 Å². The number of aryl methyl sites for hydroxylation is 2. The number of hydrogen-bond donors (Lipinski definition) is 0. The molecule has 5 rings (SSSR count). The molecule has 1 aliphatic rings. The standard InChI is InChI=1S/C27H28N4O2/c1-3-31-25-12-11-21(17-24(25)28-19(2)26(31)32)27(33)30-15-13-29(14-16-30)18-22-9-6-8-20-7-4-5-10-23(20)22/h4-12,17H,3,13-16,18H2,1-2H3. The molecule has 1 aliphatic heterocycles. The molecule has 1 amide bonds. The van der Waals surface area contributed by atoms with Crippen LogP contribution in [0.4, 0.5) is 0 Å². The maximum Gasteiger partial charge on any atom is 0.272 e. The van der Waals surface area contributed by atoms with Gasteiger partial charge in [0.05, 0.1) is 11.0 Å². The first-order chi connectivity index (χ1) is 16.0. The zero-order chi connectivity index (χ0) is 22.9. The molecule has 6 nitrogen and oxygen atoms in total. The zero-order valence-electron chi connectivity index (χ0n) is 19.1. The van der Waals surface area contributed by atoms with Gasteiger partial charge in [-0.2, -0.15) is 0 Å². The summed E-state index contributed by atoms with van der Waals surface area (Å²) in [5.74, 6) is 0.0235. The lowest BCUT2D eigenvalue weighted by Gasteiger charge is -2.35. The van der Waals surface area contributed by atoms with E-state index in [1.54, 1.807) is 11.5 Å². The van der Waals surface area contributed by atoms with Crippen molar-refractivity contribution in [2.45, 2.75) is 26.9 Å². The number of rotatable bonds is 4. The summed E-state index contributed by atoms with van der Waals surface area (Å²) in [5, 5.41) is 2.56. The zero-order valence-corrected chi connectivity index (χ0v) is 19.1. The molecule has 1 aromatic heterocycles. The number of carbonyl (C=O) groups excluding carboxylic acids is 1. The van der Waals surface area contributed by atoms with E-state index in [1.165, 1.54) is 16.3 Å². The number of benzene rings is 3. The van der Waals surface area contributed by atoms with Crippen LogP contribution in [-0.4, -0.2) is 51.4 Å². The summed E-state index contributed by atoms with van der Waals surface area (Å²) < 4.78 is 1.71. The van der Waals surface area contributed by atoms with Crippen LogP contribution in [0.1, 0.15) is 28.5 Å². The topological polar surface area (TPSA) is 58.4 Å². The Hall–Kier alpha value is -3.51. The third-order valence-corrected chi connectivity index (χ3v) is 6.61. The highest BCUT2D eigenvalue weighted by atomic mass is 16.2. The van der Waals surface area contributed by atoms with Crippen molar-refractivity contribution in [3.8, 4) is 0 Å². The first-order valence-electron chi connectivity index (χ1n) is 11.5. The van der Waals surface area contributed by atoms with E-state index < -0.39 is 0 Å². The molecular formula is C27H28N4O2. The number of aromatic nitrogens is 2. The lowest BCUT2D eigenvalue weighted by molar-refractivity contribution is 0.0629. The molecule has 168 valence electrons. The molecule has 0 saturated carbocycles. The van der Waals surface area contributed by atoms with Gasteiger partial charge >= 0.3 is 0 Å². The molecule has 2 heterocycles. The normalized spacial score (nSPS) is 14.8. The van der Waals surface area contributed by atoms with Crippen molar-refractivity contribution >= 4 is 27.7 Å². The van der Waals surface area contributed by atoms with Crippen molar-refractivity contribution in [1.82, 2.24) is 19.4 Å². The maximum absolute atomic E-state index is 13.2. The van der Waals surface area contributed by atoms with Crippen LogP contribution in [0.3, 0.4) is 0 Å². The van der Waals surface area contributed by atoms with Crippen molar-refractivity contribution in [2.24, 2.45) is 0 Å². The summed E-state index contributed by atoms with van der Waals surface area (Å²) >= 11 is 0. The monoisotopic (exact) mass is 440 g/mol.